The molecule has 9 heteroatoms. The molecule has 148 valence electrons. The first-order valence-electron chi connectivity index (χ1n) is 8.44. The van der Waals surface area contributed by atoms with E-state index in [4.69, 9.17) is 9.47 Å². The van der Waals surface area contributed by atoms with Crippen molar-refractivity contribution in [1.82, 2.24) is 4.98 Å². The number of carbonyl (C=O) groups is 1. The Kier molecular flexibility index (Phi) is 5.57. The van der Waals surface area contributed by atoms with E-state index in [0.29, 0.717) is 22.1 Å². The Morgan fingerprint density at radius 2 is 1.79 bits per heavy atom. The number of aromatic nitrogens is 1. The molecule has 0 saturated carbocycles. The standard InChI is InChI=1S/C19H20N2O5S2/c1-11(2)28(23,24)13-7-5-6-12(8-13)18(22)21-19-20-14-9-15(25-3)16(26-4)10-17(14)27-19/h5-11H,1-4H3,(H,20,21,22). The number of hydrogen-bond acceptors (Lipinski definition) is 7. The Balaban J connectivity index is 1.89. The van der Waals surface area contributed by atoms with Gasteiger partial charge in [-0.2, -0.15) is 0 Å². The number of anilines is 1. The molecule has 7 nitrogen and oxygen atoms in total. The molecule has 0 unspecified atom stereocenters. The molecule has 0 aliphatic carbocycles. The minimum atomic E-state index is -3.46. The van der Waals surface area contributed by atoms with Crippen molar-refractivity contribution < 1.29 is 22.7 Å². The van der Waals surface area contributed by atoms with E-state index in [9.17, 15) is 13.2 Å². The third-order valence-electron chi connectivity index (χ3n) is 4.16. The van der Waals surface area contributed by atoms with Crippen LogP contribution in [0.4, 0.5) is 5.13 Å². The highest BCUT2D eigenvalue weighted by Crippen LogP contribution is 2.36. The van der Waals surface area contributed by atoms with Gasteiger partial charge in [-0.1, -0.05) is 17.4 Å². The number of fused-ring (bicyclic) bond motifs is 1. The summed E-state index contributed by atoms with van der Waals surface area (Å²) in [6.45, 7) is 3.21. The van der Waals surface area contributed by atoms with E-state index < -0.39 is 21.0 Å². The van der Waals surface area contributed by atoms with Gasteiger partial charge in [-0.05, 0) is 32.0 Å². The van der Waals surface area contributed by atoms with Crippen molar-refractivity contribution in [3.63, 3.8) is 0 Å². The Morgan fingerprint density at radius 3 is 2.43 bits per heavy atom. The molecule has 0 aliphatic rings. The van der Waals surface area contributed by atoms with Crippen LogP contribution >= 0.6 is 11.3 Å². The van der Waals surface area contributed by atoms with Gasteiger partial charge in [-0.25, -0.2) is 13.4 Å². The second-order valence-corrected chi connectivity index (χ2v) is 9.80. The Bertz CT molecular complexity index is 1100. The molecule has 3 aromatic rings. The minimum Gasteiger partial charge on any atom is -0.493 e. The average Bonchev–Trinajstić information content (AvgIpc) is 3.07. The molecule has 0 saturated heterocycles. The zero-order valence-electron chi connectivity index (χ0n) is 15.8. The number of nitrogens with zero attached hydrogens (tertiary/aromatic N) is 1. The first-order chi connectivity index (χ1) is 13.3. The molecule has 1 amide bonds. The van der Waals surface area contributed by atoms with Crippen LogP contribution in [0.5, 0.6) is 11.5 Å². The molecule has 2 aromatic carbocycles. The van der Waals surface area contributed by atoms with Crippen LogP contribution in [0.2, 0.25) is 0 Å². The second-order valence-electron chi connectivity index (χ2n) is 6.27. The maximum atomic E-state index is 12.6. The fourth-order valence-electron chi connectivity index (χ4n) is 2.56. The van der Waals surface area contributed by atoms with E-state index in [0.717, 1.165) is 4.70 Å². The third-order valence-corrected chi connectivity index (χ3v) is 7.25. The number of hydrogen-bond donors (Lipinski definition) is 1. The van der Waals surface area contributed by atoms with Crippen molar-refractivity contribution in [2.24, 2.45) is 0 Å². The summed E-state index contributed by atoms with van der Waals surface area (Å²) < 4.78 is 36.0. The van der Waals surface area contributed by atoms with Crippen LogP contribution in [0.15, 0.2) is 41.3 Å². The molecule has 1 N–H and O–H groups in total. The van der Waals surface area contributed by atoms with Crippen molar-refractivity contribution in [1.29, 1.82) is 0 Å². The Morgan fingerprint density at radius 1 is 1.11 bits per heavy atom. The average molecular weight is 421 g/mol. The van der Waals surface area contributed by atoms with Gasteiger partial charge in [0.25, 0.3) is 5.91 Å². The van der Waals surface area contributed by atoms with Gasteiger partial charge in [0.1, 0.15) is 0 Å². The van der Waals surface area contributed by atoms with Gasteiger partial charge in [0.2, 0.25) is 0 Å². The number of methoxy groups -OCH3 is 2. The van der Waals surface area contributed by atoms with Gasteiger partial charge < -0.3 is 9.47 Å². The SMILES string of the molecule is COc1cc2nc(NC(=O)c3cccc(S(=O)(=O)C(C)C)c3)sc2cc1OC. The highest BCUT2D eigenvalue weighted by Gasteiger charge is 2.21. The van der Waals surface area contributed by atoms with Gasteiger partial charge in [0.15, 0.2) is 26.5 Å². The molecular weight excluding hydrogens is 400 g/mol. The van der Waals surface area contributed by atoms with Gasteiger partial charge in [-0.15, -0.1) is 0 Å². The topological polar surface area (TPSA) is 94.6 Å². The predicted molar refractivity (Wildman–Crippen MR) is 109 cm³/mol. The molecule has 1 heterocycles. The van der Waals surface area contributed by atoms with Crippen LogP contribution in [0, 0.1) is 0 Å². The van der Waals surface area contributed by atoms with Crippen LogP contribution in [-0.2, 0) is 9.84 Å². The van der Waals surface area contributed by atoms with Gasteiger partial charge in [-0.3, -0.25) is 10.1 Å². The smallest absolute Gasteiger partial charge is 0.257 e. The summed E-state index contributed by atoms with van der Waals surface area (Å²) in [6, 6.07) is 9.51. The number of benzene rings is 2. The van der Waals surface area contributed by atoms with Crippen molar-refractivity contribution >= 4 is 42.4 Å². The summed E-state index contributed by atoms with van der Waals surface area (Å²) in [7, 11) is -0.377. The summed E-state index contributed by atoms with van der Waals surface area (Å²) >= 11 is 1.29. The summed E-state index contributed by atoms with van der Waals surface area (Å²) in [4.78, 5) is 17.1. The largest absolute Gasteiger partial charge is 0.493 e. The highest BCUT2D eigenvalue weighted by molar-refractivity contribution is 7.92. The lowest BCUT2D eigenvalue weighted by molar-refractivity contribution is 0.102. The Hall–Kier alpha value is -2.65. The zero-order chi connectivity index (χ0) is 20.5. The second kappa shape index (κ2) is 7.76. The van der Waals surface area contributed by atoms with E-state index in [1.54, 1.807) is 45.2 Å². The summed E-state index contributed by atoms with van der Waals surface area (Å²) in [5, 5.41) is 2.55. The number of ether oxygens (including phenoxy) is 2. The first kappa shape index (κ1) is 20.1. The number of thiazole rings is 1. The van der Waals surface area contributed by atoms with Crippen molar-refractivity contribution in [2.75, 3.05) is 19.5 Å². The van der Waals surface area contributed by atoms with E-state index in [-0.39, 0.29) is 10.5 Å². The lowest BCUT2D eigenvalue weighted by Crippen LogP contribution is -2.16. The third kappa shape index (κ3) is 3.81. The van der Waals surface area contributed by atoms with Gasteiger partial charge >= 0.3 is 0 Å². The van der Waals surface area contributed by atoms with Crippen molar-refractivity contribution in [3.05, 3.63) is 42.0 Å². The van der Waals surface area contributed by atoms with Crippen molar-refractivity contribution in [3.8, 4) is 11.5 Å². The van der Waals surface area contributed by atoms with Crippen LogP contribution in [-0.4, -0.2) is 38.8 Å². The number of sulfone groups is 1. The number of carbonyl (C=O) groups excluding carboxylic acids is 1. The van der Waals surface area contributed by atoms with E-state index in [1.165, 1.54) is 30.6 Å². The molecule has 1 aromatic heterocycles. The van der Waals surface area contributed by atoms with Crippen molar-refractivity contribution in [2.45, 2.75) is 24.0 Å². The maximum Gasteiger partial charge on any atom is 0.257 e. The van der Waals surface area contributed by atoms with E-state index >= 15 is 0 Å². The normalized spacial score (nSPS) is 11.6. The van der Waals surface area contributed by atoms with E-state index in [1.807, 2.05) is 0 Å². The van der Waals surface area contributed by atoms with Crippen LogP contribution in [0.25, 0.3) is 10.2 Å². The molecule has 0 radical (unpaired) electrons. The number of amides is 1. The summed E-state index contributed by atoms with van der Waals surface area (Å²) in [5.41, 5.74) is 0.908. The monoisotopic (exact) mass is 420 g/mol. The molecule has 3 rings (SSSR count). The highest BCUT2D eigenvalue weighted by atomic mass is 32.2. The molecule has 0 atom stereocenters. The number of rotatable bonds is 6. The molecule has 0 aliphatic heterocycles. The molecule has 0 fully saturated rings. The van der Waals surface area contributed by atoms with Crippen LogP contribution in [0.1, 0.15) is 24.2 Å². The Labute approximate surface area is 167 Å². The molecule has 0 spiro atoms. The van der Waals surface area contributed by atoms with Crippen LogP contribution < -0.4 is 14.8 Å². The predicted octanol–water partition coefficient (Wildman–Crippen LogP) is 3.75. The van der Waals surface area contributed by atoms with E-state index in [2.05, 4.69) is 10.3 Å². The molecule has 28 heavy (non-hydrogen) atoms. The summed E-state index contributed by atoms with van der Waals surface area (Å²) in [6.07, 6.45) is 0. The summed E-state index contributed by atoms with van der Waals surface area (Å²) in [5.74, 6) is 0.687. The van der Waals surface area contributed by atoms with Gasteiger partial charge in [0, 0.05) is 17.7 Å². The number of nitrogens with one attached hydrogen (secondary N) is 1. The fourth-order valence-corrected chi connectivity index (χ4v) is 4.54. The molecular formula is C19H20N2O5S2. The minimum absolute atomic E-state index is 0.119. The fraction of sp³-hybridized carbons (Fsp3) is 0.263. The van der Waals surface area contributed by atoms with Gasteiger partial charge in [0.05, 0.1) is 34.6 Å². The maximum absolute atomic E-state index is 12.6. The first-order valence-corrected chi connectivity index (χ1v) is 10.8. The lowest BCUT2D eigenvalue weighted by Gasteiger charge is -2.09. The lowest BCUT2D eigenvalue weighted by atomic mass is 10.2. The van der Waals surface area contributed by atoms with Crippen LogP contribution in [0.3, 0.4) is 0 Å². The molecule has 0 bridgehead atoms. The quantitative estimate of drug-likeness (QED) is 0.653. The zero-order valence-corrected chi connectivity index (χ0v) is 17.5.